The van der Waals surface area contributed by atoms with E-state index >= 15 is 0 Å². The number of rotatable bonds is 3. The Hall–Kier alpha value is -2.13. The maximum atomic E-state index is 13.0. The summed E-state index contributed by atoms with van der Waals surface area (Å²) in [6.07, 6.45) is 3.49. The minimum atomic E-state index is -0.181. The monoisotopic (exact) mass is 308 g/mol. The molecular formula is C20H21FN2. The Kier molecular flexibility index (Phi) is 3.66. The number of halogens is 1. The van der Waals surface area contributed by atoms with Crippen molar-refractivity contribution in [2.24, 2.45) is 0 Å². The number of aromatic amines is 1. The zero-order chi connectivity index (χ0) is 15.8. The third kappa shape index (κ3) is 2.77. The van der Waals surface area contributed by atoms with Crippen molar-refractivity contribution in [2.75, 3.05) is 0 Å². The Bertz CT molecular complexity index is 833. The highest BCUT2D eigenvalue weighted by Gasteiger charge is 2.23. The molecule has 0 aliphatic heterocycles. The summed E-state index contributed by atoms with van der Waals surface area (Å²) in [5.41, 5.74) is 6.45. The van der Waals surface area contributed by atoms with Gasteiger partial charge in [-0.3, -0.25) is 0 Å². The van der Waals surface area contributed by atoms with Gasteiger partial charge in [-0.15, -0.1) is 0 Å². The SMILES string of the molecule is Cc1ccc2[nH]c3c(c2c1)CCC[C@H]3NCc1ccc(F)cc1. The van der Waals surface area contributed by atoms with Gasteiger partial charge in [-0.2, -0.15) is 0 Å². The maximum Gasteiger partial charge on any atom is 0.123 e. The van der Waals surface area contributed by atoms with Crippen LogP contribution in [0.15, 0.2) is 42.5 Å². The molecule has 2 nitrogen and oxygen atoms in total. The molecule has 2 aromatic carbocycles. The highest BCUT2D eigenvalue weighted by atomic mass is 19.1. The van der Waals surface area contributed by atoms with Crippen LogP contribution in [0.3, 0.4) is 0 Å². The van der Waals surface area contributed by atoms with Crippen LogP contribution in [-0.4, -0.2) is 4.98 Å². The van der Waals surface area contributed by atoms with Crippen LogP contribution in [0.25, 0.3) is 10.9 Å². The Balaban J connectivity index is 1.60. The van der Waals surface area contributed by atoms with Gasteiger partial charge < -0.3 is 10.3 Å². The number of aromatic nitrogens is 1. The molecule has 0 unspecified atom stereocenters. The molecule has 0 amide bonds. The summed E-state index contributed by atoms with van der Waals surface area (Å²) in [5, 5.41) is 5.00. The molecule has 0 radical (unpaired) electrons. The number of benzene rings is 2. The summed E-state index contributed by atoms with van der Waals surface area (Å²) in [4.78, 5) is 3.62. The number of H-pyrrole nitrogens is 1. The van der Waals surface area contributed by atoms with E-state index in [1.807, 2.05) is 12.1 Å². The fourth-order valence-corrected chi connectivity index (χ4v) is 3.62. The van der Waals surface area contributed by atoms with Crippen molar-refractivity contribution in [1.82, 2.24) is 10.3 Å². The largest absolute Gasteiger partial charge is 0.357 e. The summed E-state index contributed by atoms with van der Waals surface area (Å²) < 4.78 is 13.0. The summed E-state index contributed by atoms with van der Waals surface area (Å²) in [7, 11) is 0. The standard InChI is InChI=1S/C20H21FN2/c1-13-5-10-18-17(11-13)16-3-2-4-19(20(16)23-18)22-12-14-6-8-15(21)9-7-14/h5-11,19,22-23H,2-4,12H2,1H3/t19-/m1/s1. The van der Waals surface area contributed by atoms with Crippen LogP contribution in [0.5, 0.6) is 0 Å². The van der Waals surface area contributed by atoms with Crippen molar-refractivity contribution >= 4 is 10.9 Å². The van der Waals surface area contributed by atoms with Crippen LogP contribution in [0.1, 0.15) is 41.3 Å². The Labute approximate surface area is 135 Å². The third-order valence-corrected chi connectivity index (χ3v) is 4.83. The van der Waals surface area contributed by atoms with Crippen LogP contribution >= 0.6 is 0 Å². The van der Waals surface area contributed by atoms with Crippen molar-refractivity contribution in [1.29, 1.82) is 0 Å². The molecule has 1 atom stereocenters. The fraction of sp³-hybridized carbons (Fsp3) is 0.300. The fourth-order valence-electron chi connectivity index (χ4n) is 3.62. The number of hydrogen-bond donors (Lipinski definition) is 2. The first-order chi connectivity index (χ1) is 11.2. The minimum Gasteiger partial charge on any atom is -0.357 e. The van der Waals surface area contributed by atoms with Crippen molar-refractivity contribution in [3.63, 3.8) is 0 Å². The molecule has 23 heavy (non-hydrogen) atoms. The highest BCUT2D eigenvalue weighted by Crippen LogP contribution is 2.35. The van der Waals surface area contributed by atoms with Crippen LogP contribution < -0.4 is 5.32 Å². The molecule has 0 bridgehead atoms. The molecule has 1 aromatic heterocycles. The summed E-state index contributed by atoms with van der Waals surface area (Å²) in [5.74, 6) is -0.181. The van der Waals surface area contributed by atoms with E-state index in [0.717, 1.165) is 24.9 Å². The van der Waals surface area contributed by atoms with Crippen molar-refractivity contribution < 1.29 is 4.39 Å². The molecule has 0 saturated heterocycles. The average Bonchev–Trinajstić information content (AvgIpc) is 2.93. The molecule has 1 heterocycles. The minimum absolute atomic E-state index is 0.181. The second-order valence-corrected chi connectivity index (χ2v) is 6.52. The predicted octanol–water partition coefficient (Wildman–Crippen LogP) is 4.78. The lowest BCUT2D eigenvalue weighted by Crippen LogP contribution is -2.24. The Morgan fingerprint density at radius 3 is 2.83 bits per heavy atom. The number of hydrogen-bond acceptors (Lipinski definition) is 1. The first-order valence-corrected chi connectivity index (χ1v) is 8.29. The van der Waals surface area contributed by atoms with Gasteiger partial charge in [-0.25, -0.2) is 4.39 Å². The summed E-state index contributed by atoms with van der Waals surface area (Å²) in [6.45, 7) is 2.91. The number of aryl methyl sites for hydroxylation is 2. The van der Waals surface area contributed by atoms with Crippen molar-refractivity contribution in [3.05, 3.63) is 70.7 Å². The van der Waals surface area contributed by atoms with E-state index in [9.17, 15) is 4.39 Å². The molecule has 0 spiro atoms. The van der Waals surface area contributed by atoms with Gasteiger partial charge in [0.05, 0.1) is 0 Å². The zero-order valence-corrected chi connectivity index (χ0v) is 13.3. The summed E-state index contributed by atoms with van der Waals surface area (Å²) in [6, 6.07) is 13.7. The molecule has 118 valence electrons. The molecule has 2 N–H and O–H groups in total. The molecule has 3 aromatic rings. The lowest BCUT2D eigenvalue weighted by Gasteiger charge is -2.24. The first-order valence-electron chi connectivity index (χ1n) is 8.29. The zero-order valence-electron chi connectivity index (χ0n) is 13.3. The van der Waals surface area contributed by atoms with Gasteiger partial charge in [-0.05, 0) is 61.6 Å². The van der Waals surface area contributed by atoms with Gasteiger partial charge in [0.1, 0.15) is 5.82 Å². The molecule has 4 rings (SSSR count). The lowest BCUT2D eigenvalue weighted by molar-refractivity contribution is 0.452. The molecular weight excluding hydrogens is 287 g/mol. The smallest absolute Gasteiger partial charge is 0.123 e. The van der Waals surface area contributed by atoms with E-state index in [-0.39, 0.29) is 5.82 Å². The van der Waals surface area contributed by atoms with Crippen LogP contribution in [0, 0.1) is 12.7 Å². The molecule has 3 heteroatoms. The quantitative estimate of drug-likeness (QED) is 0.716. The van der Waals surface area contributed by atoms with E-state index in [1.54, 1.807) is 0 Å². The van der Waals surface area contributed by atoms with E-state index in [2.05, 4.69) is 35.4 Å². The first kappa shape index (κ1) is 14.5. The van der Waals surface area contributed by atoms with Crippen LogP contribution in [0.2, 0.25) is 0 Å². The van der Waals surface area contributed by atoms with Crippen molar-refractivity contribution in [3.8, 4) is 0 Å². The second kappa shape index (κ2) is 5.82. The maximum absolute atomic E-state index is 13.0. The number of nitrogens with one attached hydrogen (secondary N) is 2. The Morgan fingerprint density at radius 2 is 2.00 bits per heavy atom. The number of fused-ring (bicyclic) bond motifs is 3. The third-order valence-electron chi connectivity index (χ3n) is 4.83. The predicted molar refractivity (Wildman–Crippen MR) is 92.0 cm³/mol. The molecule has 0 fully saturated rings. The van der Waals surface area contributed by atoms with Crippen molar-refractivity contribution in [2.45, 2.75) is 38.8 Å². The van der Waals surface area contributed by atoms with Gasteiger partial charge in [0.15, 0.2) is 0 Å². The van der Waals surface area contributed by atoms with E-state index in [4.69, 9.17) is 0 Å². The van der Waals surface area contributed by atoms with Crippen LogP contribution in [0.4, 0.5) is 4.39 Å². The Morgan fingerprint density at radius 1 is 1.17 bits per heavy atom. The van der Waals surface area contributed by atoms with E-state index in [0.29, 0.717) is 6.04 Å². The topological polar surface area (TPSA) is 27.8 Å². The average molecular weight is 308 g/mol. The second-order valence-electron chi connectivity index (χ2n) is 6.52. The van der Waals surface area contributed by atoms with Gasteiger partial charge in [-0.1, -0.05) is 23.8 Å². The van der Waals surface area contributed by atoms with E-state index < -0.39 is 0 Å². The molecule has 1 aliphatic rings. The molecule has 1 aliphatic carbocycles. The molecule has 0 saturated carbocycles. The summed E-state index contributed by atoms with van der Waals surface area (Å²) >= 11 is 0. The van der Waals surface area contributed by atoms with Gasteiger partial charge in [0.25, 0.3) is 0 Å². The van der Waals surface area contributed by atoms with Gasteiger partial charge in [0, 0.05) is 29.2 Å². The highest BCUT2D eigenvalue weighted by molar-refractivity contribution is 5.85. The normalized spacial score (nSPS) is 17.4. The van der Waals surface area contributed by atoms with Gasteiger partial charge in [0.2, 0.25) is 0 Å². The van der Waals surface area contributed by atoms with Gasteiger partial charge >= 0.3 is 0 Å². The van der Waals surface area contributed by atoms with E-state index in [1.165, 1.54) is 46.3 Å². The lowest BCUT2D eigenvalue weighted by atomic mass is 9.91. The van der Waals surface area contributed by atoms with Crippen LogP contribution in [-0.2, 0) is 13.0 Å².